The Kier molecular flexibility index (Phi) is 12.2. The number of nitrogens with two attached hydrogens (primary N) is 1. The van der Waals surface area contributed by atoms with Crippen LogP contribution in [0.5, 0.6) is 5.75 Å². The highest BCUT2D eigenvalue weighted by molar-refractivity contribution is 6.16. The Bertz CT molecular complexity index is 1190. The summed E-state index contributed by atoms with van der Waals surface area (Å²) < 4.78 is 14.8. The van der Waals surface area contributed by atoms with Crippen molar-refractivity contribution in [1.82, 2.24) is 15.3 Å². The first kappa shape index (κ1) is 30.2. The summed E-state index contributed by atoms with van der Waals surface area (Å²) in [6.07, 6.45) is 5.99. The van der Waals surface area contributed by atoms with E-state index in [1.807, 2.05) is 57.2 Å². The molecule has 204 valence electrons. The summed E-state index contributed by atoms with van der Waals surface area (Å²) >= 11 is 0. The molecule has 1 fully saturated rings. The number of alkyl halides is 1. The average molecular weight is 523 g/mol. The molecule has 0 radical (unpaired) electrons. The van der Waals surface area contributed by atoms with Crippen molar-refractivity contribution in [2.45, 2.75) is 59.0 Å². The van der Waals surface area contributed by atoms with E-state index in [0.717, 1.165) is 24.0 Å². The van der Waals surface area contributed by atoms with Gasteiger partial charge in [-0.2, -0.15) is 0 Å². The summed E-state index contributed by atoms with van der Waals surface area (Å²) in [7, 11) is 2.05. The highest BCUT2D eigenvalue weighted by atomic mass is 19.1. The van der Waals surface area contributed by atoms with Gasteiger partial charge >= 0.3 is 0 Å². The lowest BCUT2D eigenvalue weighted by Crippen LogP contribution is -2.23. The van der Waals surface area contributed by atoms with Gasteiger partial charge < -0.3 is 21.1 Å². The molecule has 4 rings (SSSR count). The SMILES string of the molecule is CC.CF.COc1ccc(C)cc1C(=O)NCc1ccc(C(=N)c2c(N)ncnc2NC2CCCC2)cc1. The number of aromatic nitrogens is 2. The fraction of sp³-hybridized carbons (Fsp3) is 0.379. The van der Waals surface area contributed by atoms with Gasteiger partial charge in [-0.1, -0.05) is 62.6 Å². The number of methoxy groups -OCH3 is 1. The molecule has 0 atom stereocenters. The monoisotopic (exact) mass is 522 g/mol. The minimum absolute atomic E-state index is 0.200. The lowest BCUT2D eigenvalue weighted by molar-refractivity contribution is 0.0947. The molecular formula is C29H39FN6O2. The average Bonchev–Trinajstić information content (AvgIpc) is 3.47. The van der Waals surface area contributed by atoms with E-state index in [4.69, 9.17) is 15.9 Å². The number of nitrogens with one attached hydrogen (secondary N) is 3. The van der Waals surface area contributed by atoms with Gasteiger partial charge in [-0.15, -0.1) is 0 Å². The van der Waals surface area contributed by atoms with Crippen molar-refractivity contribution in [2.24, 2.45) is 0 Å². The molecule has 1 heterocycles. The summed E-state index contributed by atoms with van der Waals surface area (Å²) in [5, 5.41) is 15.1. The molecule has 1 aliphatic rings. The Balaban J connectivity index is 0.00000121. The summed E-state index contributed by atoms with van der Waals surface area (Å²) in [5.41, 5.74) is 10.0. The fourth-order valence-corrected chi connectivity index (χ4v) is 4.23. The highest BCUT2D eigenvalue weighted by Gasteiger charge is 2.21. The van der Waals surface area contributed by atoms with Crippen LogP contribution in [0.15, 0.2) is 48.8 Å². The zero-order valence-electron chi connectivity index (χ0n) is 22.9. The van der Waals surface area contributed by atoms with Gasteiger partial charge in [0.25, 0.3) is 5.91 Å². The molecule has 0 aliphatic heterocycles. The third-order valence-corrected chi connectivity index (χ3v) is 6.12. The molecule has 3 aromatic rings. The molecule has 5 N–H and O–H groups in total. The maximum atomic E-state index is 12.7. The van der Waals surface area contributed by atoms with Crippen molar-refractivity contribution in [3.05, 3.63) is 76.6 Å². The second kappa shape index (κ2) is 15.3. The van der Waals surface area contributed by atoms with Gasteiger partial charge in [0, 0.05) is 18.2 Å². The number of hydrogen-bond acceptors (Lipinski definition) is 7. The van der Waals surface area contributed by atoms with Crippen molar-refractivity contribution in [1.29, 1.82) is 5.41 Å². The minimum Gasteiger partial charge on any atom is -0.496 e. The molecule has 0 saturated heterocycles. The largest absolute Gasteiger partial charge is 0.496 e. The Morgan fingerprint density at radius 3 is 2.39 bits per heavy atom. The van der Waals surface area contributed by atoms with Crippen LogP contribution in [0.25, 0.3) is 0 Å². The lowest BCUT2D eigenvalue weighted by Gasteiger charge is -2.17. The fourth-order valence-electron chi connectivity index (χ4n) is 4.23. The number of benzene rings is 2. The second-order valence-electron chi connectivity index (χ2n) is 8.57. The van der Waals surface area contributed by atoms with Crippen LogP contribution in [0.1, 0.15) is 72.1 Å². The van der Waals surface area contributed by atoms with E-state index in [-0.39, 0.29) is 17.4 Å². The molecule has 38 heavy (non-hydrogen) atoms. The maximum absolute atomic E-state index is 12.7. The molecule has 8 nitrogen and oxygen atoms in total. The van der Waals surface area contributed by atoms with Gasteiger partial charge in [-0.05, 0) is 37.5 Å². The normalized spacial score (nSPS) is 12.4. The van der Waals surface area contributed by atoms with Crippen molar-refractivity contribution >= 4 is 23.3 Å². The van der Waals surface area contributed by atoms with Gasteiger partial charge in [0.2, 0.25) is 0 Å². The summed E-state index contributed by atoms with van der Waals surface area (Å²) in [4.78, 5) is 21.1. The van der Waals surface area contributed by atoms with Crippen molar-refractivity contribution < 1.29 is 13.9 Å². The van der Waals surface area contributed by atoms with Gasteiger partial charge in [0.1, 0.15) is 23.7 Å². The zero-order valence-corrected chi connectivity index (χ0v) is 22.9. The van der Waals surface area contributed by atoms with Gasteiger partial charge in [0.05, 0.1) is 31.1 Å². The molecule has 0 bridgehead atoms. The summed E-state index contributed by atoms with van der Waals surface area (Å²) in [5.74, 6) is 1.22. The first-order chi connectivity index (χ1) is 18.5. The Labute approximate surface area is 224 Å². The maximum Gasteiger partial charge on any atom is 0.255 e. The Hall–Kier alpha value is -4.01. The number of halogens is 1. The van der Waals surface area contributed by atoms with Crippen LogP contribution in [0.4, 0.5) is 16.0 Å². The highest BCUT2D eigenvalue weighted by Crippen LogP contribution is 2.27. The van der Waals surface area contributed by atoms with Gasteiger partial charge in [-0.25, -0.2) is 9.97 Å². The topological polar surface area (TPSA) is 126 Å². The van der Waals surface area contributed by atoms with Crippen LogP contribution >= 0.6 is 0 Å². The van der Waals surface area contributed by atoms with E-state index in [9.17, 15) is 9.18 Å². The number of carbonyl (C=O) groups excluding carboxylic acids is 1. The molecule has 1 saturated carbocycles. The summed E-state index contributed by atoms with van der Waals surface area (Å²) in [6.45, 7) is 6.29. The molecule has 0 unspecified atom stereocenters. The molecule has 1 amide bonds. The van der Waals surface area contributed by atoms with Gasteiger partial charge in [-0.3, -0.25) is 14.6 Å². The number of nitrogens with zero attached hydrogens (tertiary/aromatic N) is 2. The number of aryl methyl sites for hydroxylation is 1. The number of nitrogen functional groups attached to an aromatic ring is 1. The van der Waals surface area contributed by atoms with Crippen LogP contribution in [0.3, 0.4) is 0 Å². The number of ether oxygens (including phenoxy) is 1. The first-order valence-electron chi connectivity index (χ1n) is 12.8. The van der Waals surface area contributed by atoms with E-state index in [1.54, 1.807) is 13.2 Å². The second-order valence-corrected chi connectivity index (χ2v) is 8.57. The molecule has 1 aliphatic carbocycles. The number of rotatable bonds is 8. The van der Waals surface area contributed by atoms with E-state index in [2.05, 4.69) is 20.6 Å². The van der Waals surface area contributed by atoms with Crippen molar-refractivity contribution in [3.8, 4) is 5.75 Å². The third-order valence-electron chi connectivity index (χ3n) is 6.12. The lowest BCUT2D eigenvalue weighted by atomic mass is 10.0. The predicted octanol–water partition coefficient (Wildman–Crippen LogP) is 5.69. The zero-order chi connectivity index (χ0) is 28.1. The van der Waals surface area contributed by atoms with Gasteiger partial charge in [0.15, 0.2) is 0 Å². The molecule has 1 aromatic heterocycles. The predicted molar refractivity (Wildman–Crippen MR) is 152 cm³/mol. The van der Waals surface area contributed by atoms with Crippen LogP contribution in [0, 0.1) is 12.3 Å². The summed E-state index contributed by atoms with van der Waals surface area (Å²) in [6, 6.07) is 13.3. The number of hydrogen-bond donors (Lipinski definition) is 4. The molecule has 0 spiro atoms. The van der Waals surface area contributed by atoms with Crippen LogP contribution < -0.4 is 21.1 Å². The number of anilines is 2. The standard InChI is InChI=1S/C26H30N6O2.C2H6.CH3F/c1-16-7-12-21(34-2)20(13-16)26(33)29-14-17-8-10-18(11-9-17)23(27)22-24(28)30-15-31-25(22)32-19-5-3-4-6-19;2*1-2/h7-13,15,19,27H,3-6,14H2,1-2H3,(H,29,33)(H3,28,30,31,32);1-2H3;1H3. The van der Waals surface area contributed by atoms with E-state index in [0.29, 0.717) is 48.0 Å². The first-order valence-corrected chi connectivity index (χ1v) is 12.8. The van der Waals surface area contributed by atoms with E-state index >= 15 is 0 Å². The smallest absolute Gasteiger partial charge is 0.255 e. The van der Waals surface area contributed by atoms with Crippen molar-refractivity contribution in [2.75, 3.05) is 25.3 Å². The molecule has 2 aromatic carbocycles. The quantitative estimate of drug-likeness (QED) is 0.282. The Morgan fingerprint density at radius 1 is 1.11 bits per heavy atom. The van der Waals surface area contributed by atoms with Crippen LogP contribution in [-0.2, 0) is 6.54 Å². The van der Waals surface area contributed by atoms with Crippen molar-refractivity contribution in [3.63, 3.8) is 0 Å². The minimum atomic E-state index is -0.200. The van der Waals surface area contributed by atoms with E-state index in [1.165, 1.54) is 19.2 Å². The molecule has 9 heteroatoms. The van der Waals surface area contributed by atoms with E-state index < -0.39 is 0 Å². The van der Waals surface area contributed by atoms with Crippen LogP contribution in [-0.4, -0.2) is 41.9 Å². The number of carbonyl (C=O) groups is 1. The number of amides is 1. The Morgan fingerprint density at radius 2 is 1.76 bits per heavy atom. The third kappa shape index (κ3) is 7.74. The van der Waals surface area contributed by atoms with Crippen LogP contribution in [0.2, 0.25) is 0 Å². The molecular weight excluding hydrogens is 483 g/mol.